The van der Waals surface area contributed by atoms with E-state index in [-0.39, 0.29) is 42.8 Å². The lowest BCUT2D eigenvalue weighted by atomic mass is 9.90. The summed E-state index contributed by atoms with van der Waals surface area (Å²) in [4.78, 5) is 26.5. The van der Waals surface area contributed by atoms with Crippen LogP contribution in [0.1, 0.15) is 18.5 Å². The number of nitrogens with one attached hydrogen (secondary N) is 1. The van der Waals surface area contributed by atoms with Crippen LogP contribution in [0.4, 0.5) is 14.3 Å². The van der Waals surface area contributed by atoms with Gasteiger partial charge in [0.2, 0.25) is 0 Å². The number of thiazole rings is 1. The van der Waals surface area contributed by atoms with Crippen molar-refractivity contribution in [3.05, 3.63) is 41.4 Å². The Bertz CT molecular complexity index is 1020. The summed E-state index contributed by atoms with van der Waals surface area (Å²) in [6.45, 7) is 0.488. The summed E-state index contributed by atoms with van der Waals surface area (Å²) in [5.41, 5.74) is -0.802. The van der Waals surface area contributed by atoms with Crippen LogP contribution in [0, 0.1) is 0 Å². The Balaban J connectivity index is 1.42. The topological polar surface area (TPSA) is 80.2 Å². The van der Waals surface area contributed by atoms with E-state index >= 15 is 4.39 Å². The van der Waals surface area contributed by atoms with E-state index in [2.05, 4.69) is 20.3 Å². The predicted octanol–water partition coefficient (Wildman–Crippen LogP) is 4.24. The zero-order chi connectivity index (χ0) is 19.7. The SMILES string of the molecule is COc1ccc2sc(NC(=O)N3CCC(F)(c4nccnc4Cl)CC3)nc2c1. The fourth-order valence-electron chi connectivity index (χ4n) is 3.18. The molecule has 2 aromatic heterocycles. The molecular weight excluding hydrogens is 405 g/mol. The number of hydrogen-bond donors (Lipinski definition) is 1. The Morgan fingerprint density at radius 3 is 2.79 bits per heavy atom. The Morgan fingerprint density at radius 1 is 1.32 bits per heavy atom. The molecule has 3 heterocycles. The lowest BCUT2D eigenvalue weighted by molar-refractivity contribution is 0.0681. The van der Waals surface area contributed by atoms with Gasteiger partial charge >= 0.3 is 6.03 Å². The second kappa shape index (κ2) is 7.48. The highest BCUT2D eigenvalue weighted by molar-refractivity contribution is 7.22. The minimum Gasteiger partial charge on any atom is -0.497 e. The average Bonchev–Trinajstić information content (AvgIpc) is 3.09. The summed E-state index contributed by atoms with van der Waals surface area (Å²) < 4.78 is 21.4. The van der Waals surface area contributed by atoms with E-state index in [0.717, 1.165) is 10.2 Å². The van der Waals surface area contributed by atoms with Gasteiger partial charge in [0, 0.05) is 44.4 Å². The first-order valence-electron chi connectivity index (χ1n) is 8.65. The molecule has 0 atom stereocenters. The molecule has 0 bridgehead atoms. The number of amides is 2. The van der Waals surface area contributed by atoms with Crippen molar-refractivity contribution in [3.8, 4) is 5.75 Å². The quantitative estimate of drug-likeness (QED) is 0.684. The number of carbonyl (C=O) groups excluding carboxylic acids is 1. The zero-order valence-corrected chi connectivity index (χ0v) is 16.6. The molecule has 1 aliphatic heterocycles. The molecule has 1 N–H and O–H groups in total. The van der Waals surface area contributed by atoms with Gasteiger partial charge in [0.1, 0.15) is 11.4 Å². The summed E-state index contributed by atoms with van der Waals surface area (Å²) in [5, 5.41) is 3.35. The molecule has 4 rings (SSSR count). The van der Waals surface area contributed by atoms with E-state index in [0.29, 0.717) is 10.9 Å². The highest BCUT2D eigenvalue weighted by atomic mass is 35.5. The molecule has 146 valence electrons. The van der Waals surface area contributed by atoms with Crippen LogP contribution in [0.3, 0.4) is 0 Å². The van der Waals surface area contributed by atoms with Gasteiger partial charge in [0.25, 0.3) is 0 Å². The molecular formula is C18H17ClFN5O2S. The number of nitrogens with zero attached hydrogens (tertiary/aromatic N) is 4. The number of alkyl halides is 1. The van der Waals surface area contributed by atoms with E-state index in [9.17, 15) is 4.79 Å². The summed E-state index contributed by atoms with van der Waals surface area (Å²) >= 11 is 7.36. The number of rotatable bonds is 3. The van der Waals surface area contributed by atoms with E-state index in [1.54, 1.807) is 12.0 Å². The number of aromatic nitrogens is 3. The first-order chi connectivity index (χ1) is 13.5. The number of fused-ring (bicyclic) bond motifs is 1. The van der Waals surface area contributed by atoms with Crippen LogP contribution in [0.5, 0.6) is 5.75 Å². The largest absolute Gasteiger partial charge is 0.497 e. The van der Waals surface area contributed by atoms with Crippen molar-refractivity contribution < 1.29 is 13.9 Å². The van der Waals surface area contributed by atoms with E-state index in [1.165, 1.54) is 23.7 Å². The van der Waals surface area contributed by atoms with Crippen molar-refractivity contribution in [2.24, 2.45) is 0 Å². The molecule has 1 saturated heterocycles. The predicted molar refractivity (Wildman–Crippen MR) is 106 cm³/mol. The van der Waals surface area contributed by atoms with Crippen LogP contribution in [-0.2, 0) is 5.67 Å². The smallest absolute Gasteiger partial charge is 0.323 e. The molecule has 0 saturated carbocycles. The second-order valence-electron chi connectivity index (χ2n) is 6.43. The number of urea groups is 1. The molecule has 10 heteroatoms. The standard InChI is InChI=1S/C18H17ClFN5O2S/c1-27-11-2-3-13-12(10-11)23-16(28-13)24-17(26)25-8-4-18(20,5-9-25)14-15(19)22-7-6-21-14/h2-3,6-7,10H,4-5,8-9H2,1H3,(H,23,24,26). The van der Waals surface area contributed by atoms with Gasteiger partial charge in [-0.2, -0.15) is 0 Å². The van der Waals surface area contributed by atoms with Crippen molar-refractivity contribution in [1.29, 1.82) is 0 Å². The Kier molecular flexibility index (Phi) is 5.03. The lowest BCUT2D eigenvalue weighted by Crippen LogP contribution is -2.45. The van der Waals surface area contributed by atoms with Crippen molar-refractivity contribution in [3.63, 3.8) is 0 Å². The first kappa shape index (κ1) is 18.8. The maximum Gasteiger partial charge on any atom is 0.323 e. The van der Waals surface area contributed by atoms with Gasteiger partial charge in [-0.1, -0.05) is 22.9 Å². The Hall–Kier alpha value is -2.52. The van der Waals surface area contributed by atoms with Gasteiger partial charge in [-0.15, -0.1) is 0 Å². The van der Waals surface area contributed by atoms with Crippen LogP contribution in [0.2, 0.25) is 5.15 Å². The Morgan fingerprint density at radius 2 is 2.07 bits per heavy atom. The van der Waals surface area contributed by atoms with Crippen molar-refractivity contribution >= 4 is 44.3 Å². The molecule has 2 amide bonds. The highest BCUT2D eigenvalue weighted by Crippen LogP contribution is 2.38. The van der Waals surface area contributed by atoms with Gasteiger partial charge in [-0.25, -0.2) is 19.2 Å². The molecule has 3 aromatic rings. The van der Waals surface area contributed by atoms with Crippen LogP contribution in [0.25, 0.3) is 10.2 Å². The molecule has 0 unspecified atom stereocenters. The number of benzene rings is 1. The molecule has 0 spiro atoms. The van der Waals surface area contributed by atoms with Gasteiger partial charge in [0.05, 0.1) is 17.3 Å². The molecule has 0 radical (unpaired) electrons. The number of methoxy groups -OCH3 is 1. The number of hydrogen-bond acceptors (Lipinski definition) is 6. The minimum absolute atomic E-state index is 0.0628. The third-order valence-corrected chi connectivity index (χ3v) is 5.96. The number of piperidine rings is 1. The highest BCUT2D eigenvalue weighted by Gasteiger charge is 2.40. The molecule has 28 heavy (non-hydrogen) atoms. The van der Waals surface area contributed by atoms with Gasteiger partial charge in [0.15, 0.2) is 16.0 Å². The third-order valence-electron chi connectivity index (χ3n) is 4.73. The number of anilines is 1. The first-order valence-corrected chi connectivity index (χ1v) is 9.84. The Labute approximate surface area is 169 Å². The number of halogens is 2. The summed E-state index contributed by atoms with van der Waals surface area (Å²) in [7, 11) is 1.59. The monoisotopic (exact) mass is 421 g/mol. The molecule has 1 fully saturated rings. The van der Waals surface area contributed by atoms with E-state index in [4.69, 9.17) is 16.3 Å². The summed E-state index contributed by atoms with van der Waals surface area (Å²) in [6.07, 6.45) is 3.06. The van der Waals surface area contributed by atoms with Crippen molar-refractivity contribution in [2.75, 3.05) is 25.5 Å². The third kappa shape index (κ3) is 3.59. The average molecular weight is 422 g/mol. The van der Waals surface area contributed by atoms with Gasteiger partial charge in [-0.3, -0.25) is 10.3 Å². The maximum atomic E-state index is 15.3. The fraction of sp³-hybridized carbons (Fsp3) is 0.333. The fourth-order valence-corrected chi connectivity index (χ4v) is 4.29. The van der Waals surface area contributed by atoms with Crippen molar-refractivity contribution in [1.82, 2.24) is 19.9 Å². The zero-order valence-electron chi connectivity index (χ0n) is 15.0. The van der Waals surface area contributed by atoms with Crippen LogP contribution >= 0.6 is 22.9 Å². The van der Waals surface area contributed by atoms with Crippen LogP contribution in [-0.4, -0.2) is 46.1 Å². The van der Waals surface area contributed by atoms with E-state index in [1.807, 2.05) is 18.2 Å². The van der Waals surface area contributed by atoms with Crippen LogP contribution < -0.4 is 10.1 Å². The van der Waals surface area contributed by atoms with Gasteiger partial charge < -0.3 is 9.64 Å². The van der Waals surface area contributed by atoms with Crippen LogP contribution in [0.15, 0.2) is 30.6 Å². The van der Waals surface area contributed by atoms with Crippen molar-refractivity contribution in [2.45, 2.75) is 18.5 Å². The second-order valence-corrected chi connectivity index (χ2v) is 7.82. The number of likely N-dealkylation sites (tertiary alicyclic amines) is 1. The number of ether oxygens (including phenoxy) is 1. The molecule has 1 aliphatic rings. The van der Waals surface area contributed by atoms with Gasteiger partial charge in [-0.05, 0) is 12.1 Å². The summed E-state index contributed by atoms with van der Waals surface area (Å²) in [6, 6.07) is 5.24. The maximum absolute atomic E-state index is 15.3. The minimum atomic E-state index is -1.69. The lowest BCUT2D eigenvalue weighted by Gasteiger charge is -2.35. The molecule has 0 aliphatic carbocycles. The molecule has 1 aromatic carbocycles. The van der Waals surface area contributed by atoms with E-state index < -0.39 is 5.67 Å². The molecule has 7 nitrogen and oxygen atoms in total. The summed E-state index contributed by atoms with van der Waals surface area (Å²) in [5.74, 6) is 0.702. The number of carbonyl (C=O) groups is 1. The normalized spacial score (nSPS) is 16.2.